The van der Waals surface area contributed by atoms with Crippen LogP contribution in [-0.2, 0) is 15.3 Å². The number of hydrogen-bond acceptors (Lipinski definition) is 0. The van der Waals surface area contributed by atoms with E-state index in [1.807, 2.05) is 0 Å². The molecule has 2 aliphatic carbocycles. The number of halogens is 2. The zero-order valence-corrected chi connectivity index (χ0v) is 36.8. The van der Waals surface area contributed by atoms with Gasteiger partial charge in [0.25, 0.3) is 0 Å². The summed E-state index contributed by atoms with van der Waals surface area (Å²) in [7, 11) is 18.0. The van der Waals surface area contributed by atoms with Gasteiger partial charge in [-0.15, -0.1) is 0 Å². The molecule has 2 atom stereocenters. The van der Waals surface area contributed by atoms with Crippen LogP contribution in [0, 0.1) is 0 Å². The summed E-state index contributed by atoms with van der Waals surface area (Å²) in [5, 5.41) is 0. The molecule has 2 aliphatic rings. The third-order valence-corrected chi connectivity index (χ3v) is 83.8. The van der Waals surface area contributed by atoms with Gasteiger partial charge in [-0.2, -0.15) is 0 Å². The Morgan fingerprint density at radius 1 is 0.521 bits per heavy atom. The van der Waals surface area contributed by atoms with Crippen molar-refractivity contribution < 1.29 is 15.3 Å². The number of allylic oxidation sites excluding steroid dienone is 2. The summed E-state index contributed by atoms with van der Waals surface area (Å²) >= 11 is -5.28. The molecule has 0 saturated heterocycles. The van der Waals surface area contributed by atoms with E-state index in [1.54, 1.807) is 0 Å². The van der Waals surface area contributed by atoms with Crippen molar-refractivity contribution in [2.45, 2.75) is 99.5 Å². The van der Waals surface area contributed by atoms with E-state index in [0.29, 0.717) is 23.7 Å². The van der Waals surface area contributed by atoms with Crippen LogP contribution in [0.4, 0.5) is 0 Å². The molecule has 4 aromatic carbocycles. The monoisotopic (exact) mass is 859 g/mol. The Balaban J connectivity index is 1.75. The summed E-state index contributed by atoms with van der Waals surface area (Å²) in [6.45, 7) is 23.5. The third-order valence-electron chi connectivity index (χ3n) is 11.4. The first-order chi connectivity index (χ1) is 22.6. The topological polar surface area (TPSA) is 0 Å². The van der Waals surface area contributed by atoms with Crippen LogP contribution in [-0.4, -0.2) is 5.98 Å². The number of hydrogen-bond donors (Lipinski definition) is 0. The Bertz CT molecular complexity index is 1760. The minimum absolute atomic E-state index is 0.00105. The van der Waals surface area contributed by atoms with E-state index in [2.05, 4.69) is 166 Å². The van der Waals surface area contributed by atoms with Crippen molar-refractivity contribution >= 4 is 46.4 Å². The van der Waals surface area contributed by atoms with Crippen molar-refractivity contribution in [1.82, 2.24) is 0 Å². The number of fused-ring (bicyclic) bond motifs is 2. The first-order valence-electron chi connectivity index (χ1n) is 18.1. The van der Waals surface area contributed by atoms with Gasteiger partial charge in [0.2, 0.25) is 0 Å². The molecule has 0 heterocycles. The Morgan fingerprint density at radius 2 is 0.875 bits per heavy atom. The minimum atomic E-state index is -5.28. The van der Waals surface area contributed by atoms with Crippen molar-refractivity contribution in [1.29, 1.82) is 0 Å². The first-order valence-corrected chi connectivity index (χ1v) is 40.3. The van der Waals surface area contributed by atoms with Crippen LogP contribution in [0.3, 0.4) is 0 Å². The van der Waals surface area contributed by atoms with Crippen LogP contribution < -0.4 is 0 Å². The molecule has 0 amide bonds. The first kappa shape index (κ1) is 35.8. The van der Waals surface area contributed by atoms with Crippen molar-refractivity contribution in [3.63, 3.8) is 0 Å². The Labute approximate surface area is 299 Å². The molecule has 0 radical (unpaired) electrons. The molecule has 0 saturated carbocycles. The molecule has 2 unspecified atom stereocenters. The maximum absolute atomic E-state index is 8.98. The molecule has 0 fully saturated rings. The molecule has 251 valence electrons. The van der Waals surface area contributed by atoms with E-state index in [4.69, 9.17) is 17.2 Å². The van der Waals surface area contributed by atoms with Gasteiger partial charge in [0.1, 0.15) is 0 Å². The van der Waals surface area contributed by atoms with Gasteiger partial charge in [-0.05, 0) is 0 Å². The van der Waals surface area contributed by atoms with Crippen molar-refractivity contribution in [2.75, 3.05) is 0 Å². The van der Waals surface area contributed by atoms with Gasteiger partial charge >= 0.3 is 302 Å². The van der Waals surface area contributed by atoms with Crippen LogP contribution in [0.5, 0.6) is 0 Å². The quantitative estimate of drug-likeness (QED) is 0.147. The molecule has 0 bridgehead atoms. The van der Waals surface area contributed by atoms with Crippen molar-refractivity contribution in [3.05, 3.63) is 141 Å². The molecule has 4 heteroatoms. The van der Waals surface area contributed by atoms with Crippen molar-refractivity contribution in [3.8, 4) is 0 Å². The SMILES string of the molecule is CC(C)c1cc(C(C)C)c2c(c1)[CH]([Hf]([Cl])([Cl])([CH]1C(c3ccccc3)=Cc3c(C(C)C)cc(C(C)C)cc31)[SiH](C)C)C(c1ccccc1)=C2. The van der Waals surface area contributed by atoms with Crippen LogP contribution in [0.15, 0.2) is 84.9 Å². The molecular formula is C44H53Cl2HfSi. The van der Waals surface area contributed by atoms with Crippen LogP contribution in [0.1, 0.15) is 142 Å². The normalized spacial score (nSPS) is 18.4. The van der Waals surface area contributed by atoms with Gasteiger partial charge in [0.05, 0.1) is 0 Å². The van der Waals surface area contributed by atoms with Gasteiger partial charge in [0.15, 0.2) is 0 Å². The fourth-order valence-electron chi connectivity index (χ4n) is 8.47. The molecule has 0 spiro atoms. The summed E-state index contributed by atoms with van der Waals surface area (Å²) < 4.78 is -0.00210. The summed E-state index contributed by atoms with van der Waals surface area (Å²) in [5.41, 5.74) is 16.3. The Hall–Kier alpha value is -1.97. The molecule has 0 N–H and O–H groups in total. The Morgan fingerprint density at radius 3 is 1.17 bits per heavy atom. The van der Waals surface area contributed by atoms with Gasteiger partial charge in [-0.1, -0.05) is 0 Å². The molecule has 0 aliphatic heterocycles. The van der Waals surface area contributed by atoms with Gasteiger partial charge in [-0.25, -0.2) is 0 Å². The van der Waals surface area contributed by atoms with Gasteiger partial charge in [-0.3, -0.25) is 0 Å². The second-order valence-corrected chi connectivity index (χ2v) is 75.3. The average molecular weight is 859 g/mol. The molecule has 48 heavy (non-hydrogen) atoms. The fourth-order valence-corrected chi connectivity index (χ4v) is 51.0. The molecule has 4 aromatic rings. The summed E-state index contributed by atoms with van der Waals surface area (Å²) in [6, 6.07) is 32.0. The molecule has 0 nitrogen and oxygen atoms in total. The fraction of sp³-hybridized carbons (Fsp3) is 0.364. The van der Waals surface area contributed by atoms with E-state index >= 15 is 0 Å². The molecule has 6 rings (SSSR count). The van der Waals surface area contributed by atoms with E-state index in [-0.39, 0.29) is 7.35 Å². The summed E-state index contributed by atoms with van der Waals surface area (Å²) in [5.74, 6) is -0.155. The van der Waals surface area contributed by atoms with Crippen molar-refractivity contribution in [2.24, 2.45) is 0 Å². The maximum atomic E-state index is 8.98. The summed E-state index contributed by atoms with van der Waals surface area (Å²) in [6.07, 6.45) is 5.00. The predicted molar refractivity (Wildman–Crippen MR) is 214 cm³/mol. The molecular weight excluding hydrogens is 806 g/mol. The third kappa shape index (κ3) is 5.85. The predicted octanol–water partition coefficient (Wildman–Crippen LogP) is 14.1. The standard InChI is InChI=1S/2C21H23.C2H7Si.2ClH.Hf/c2*1-14(2)17-10-19-11-18(16-8-6-5-7-9-16)13-21(19)20(12-17)15(3)4;1-3-2;;;/h2*5-15H,1-4H3;3H,1-2H3;2*1H;/q;;;;;+2/p-2. The van der Waals surface area contributed by atoms with E-state index in [1.165, 1.54) is 66.8 Å². The van der Waals surface area contributed by atoms with Gasteiger partial charge in [0, 0.05) is 0 Å². The van der Waals surface area contributed by atoms with Gasteiger partial charge < -0.3 is 0 Å². The average Bonchev–Trinajstić information content (AvgIpc) is 3.65. The van der Waals surface area contributed by atoms with E-state index in [9.17, 15) is 0 Å². The number of rotatable bonds is 9. The van der Waals surface area contributed by atoms with Crippen LogP contribution >= 0.6 is 17.2 Å². The van der Waals surface area contributed by atoms with Crippen LogP contribution in [0.25, 0.3) is 23.3 Å². The second-order valence-electron chi connectivity index (χ2n) is 16.0. The summed E-state index contributed by atoms with van der Waals surface area (Å²) in [4.78, 5) is 0. The zero-order valence-electron chi connectivity index (χ0n) is 30.5. The van der Waals surface area contributed by atoms with E-state index in [0.717, 1.165) is 0 Å². The molecule has 0 aromatic heterocycles. The second kappa shape index (κ2) is 13.3. The van der Waals surface area contributed by atoms with E-state index < -0.39 is 21.3 Å². The zero-order chi connectivity index (χ0) is 34.7. The van der Waals surface area contributed by atoms with Crippen LogP contribution in [0.2, 0.25) is 13.1 Å². The number of benzene rings is 4. The Kier molecular flexibility index (Phi) is 9.93.